The topological polar surface area (TPSA) is 41.6 Å². The van der Waals surface area contributed by atoms with E-state index in [1.165, 1.54) is 13.2 Å². The van der Waals surface area contributed by atoms with Crippen LogP contribution in [-0.2, 0) is 6.18 Å². The Balaban J connectivity index is 1.67. The van der Waals surface area contributed by atoms with Gasteiger partial charge in [-0.2, -0.15) is 13.2 Å². The van der Waals surface area contributed by atoms with Gasteiger partial charge in [0.05, 0.1) is 16.7 Å². The van der Waals surface area contributed by atoms with Crippen LogP contribution in [0.1, 0.15) is 41.9 Å². The van der Waals surface area contributed by atoms with Crippen LogP contribution in [0.5, 0.6) is 5.75 Å². The third-order valence-electron chi connectivity index (χ3n) is 6.25. The lowest BCUT2D eigenvalue weighted by atomic mass is 9.72. The van der Waals surface area contributed by atoms with Gasteiger partial charge in [0.2, 0.25) is 0 Å². The normalized spacial score (nSPS) is 26.4. The number of halogens is 3. The Morgan fingerprint density at radius 3 is 2.54 bits per heavy atom. The van der Waals surface area contributed by atoms with Crippen molar-refractivity contribution in [1.29, 1.82) is 0 Å². The van der Waals surface area contributed by atoms with Crippen molar-refractivity contribution in [3.63, 3.8) is 0 Å². The van der Waals surface area contributed by atoms with Gasteiger partial charge in [0, 0.05) is 11.6 Å². The predicted molar refractivity (Wildman–Crippen MR) is 103 cm³/mol. The van der Waals surface area contributed by atoms with Gasteiger partial charge in [0.15, 0.2) is 0 Å². The van der Waals surface area contributed by atoms with E-state index in [0.717, 1.165) is 37.3 Å². The van der Waals surface area contributed by atoms with E-state index < -0.39 is 11.7 Å². The van der Waals surface area contributed by atoms with Crippen LogP contribution in [0.25, 0.3) is 10.1 Å². The summed E-state index contributed by atoms with van der Waals surface area (Å²) in [7, 11) is 1.22. The molecule has 0 saturated carbocycles. The average Bonchev–Trinajstić information content (AvgIpc) is 3.07. The molecular weight excluding hydrogens is 389 g/mol. The second-order valence-electron chi connectivity index (χ2n) is 8.10. The number of piperidine rings is 3. The Morgan fingerprint density at radius 1 is 1.29 bits per heavy atom. The molecule has 5 rings (SSSR count). The van der Waals surface area contributed by atoms with E-state index >= 15 is 0 Å². The van der Waals surface area contributed by atoms with E-state index in [-0.39, 0.29) is 27.9 Å². The van der Waals surface area contributed by atoms with E-state index in [4.69, 9.17) is 4.74 Å². The van der Waals surface area contributed by atoms with Crippen molar-refractivity contribution in [1.82, 2.24) is 10.2 Å². The average molecular weight is 412 g/mol. The Hall–Kier alpha value is -1.80. The van der Waals surface area contributed by atoms with Crippen LogP contribution in [0.2, 0.25) is 0 Å². The monoisotopic (exact) mass is 412 g/mol. The van der Waals surface area contributed by atoms with Crippen molar-refractivity contribution in [2.45, 2.75) is 44.4 Å². The third kappa shape index (κ3) is 3.06. The highest BCUT2D eigenvalue weighted by Gasteiger charge is 2.48. The van der Waals surface area contributed by atoms with Crippen LogP contribution in [0.4, 0.5) is 13.2 Å². The molecule has 3 aliphatic heterocycles. The molecule has 28 heavy (non-hydrogen) atoms. The van der Waals surface area contributed by atoms with Gasteiger partial charge in [-0.25, -0.2) is 0 Å². The van der Waals surface area contributed by atoms with Gasteiger partial charge in [-0.05, 0) is 69.3 Å². The maximum atomic E-state index is 13.6. The Morgan fingerprint density at radius 2 is 1.96 bits per heavy atom. The number of carbonyl (C=O) groups excluding carboxylic acids is 1. The van der Waals surface area contributed by atoms with E-state index in [1.807, 2.05) is 0 Å². The summed E-state index contributed by atoms with van der Waals surface area (Å²) in [4.78, 5) is 15.6. The molecule has 2 aromatic rings. The minimum atomic E-state index is -4.55. The smallest absolute Gasteiger partial charge is 0.421 e. The number of amides is 1. The van der Waals surface area contributed by atoms with Crippen LogP contribution in [-0.4, -0.2) is 42.6 Å². The fourth-order valence-corrected chi connectivity index (χ4v) is 5.85. The quantitative estimate of drug-likeness (QED) is 0.805. The van der Waals surface area contributed by atoms with Crippen LogP contribution in [0.3, 0.4) is 0 Å². The molecule has 1 aromatic heterocycles. The summed E-state index contributed by atoms with van der Waals surface area (Å²) >= 11 is 0.872. The van der Waals surface area contributed by atoms with Crippen molar-refractivity contribution in [3.05, 3.63) is 28.6 Å². The molecular formula is C20H23F3N2O2S. The molecule has 4 nitrogen and oxygen atoms in total. The molecule has 3 fully saturated rings. The molecule has 3 saturated heterocycles. The zero-order valence-electron chi connectivity index (χ0n) is 16.0. The molecule has 0 spiro atoms. The maximum Gasteiger partial charge on any atom is 0.421 e. The minimum absolute atomic E-state index is 0.00988. The van der Waals surface area contributed by atoms with Crippen LogP contribution in [0.15, 0.2) is 18.2 Å². The molecule has 2 bridgehead atoms. The first-order chi connectivity index (χ1) is 13.1. The van der Waals surface area contributed by atoms with Crippen molar-refractivity contribution < 1.29 is 22.7 Å². The molecule has 1 amide bonds. The van der Waals surface area contributed by atoms with Gasteiger partial charge in [0.1, 0.15) is 11.3 Å². The first-order valence-electron chi connectivity index (χ1n) is 9.36. The SMILES string of the molecule is COc1ccc2cc(C(=O)NC3C4CCN(CC4)C3(C)C)sc2c1C(F)(F)F. The lowest BCUT2D eigenvalue weighted by Crippen LogP contribution is -2.69. The van der Waals surface area contributed by atoms with E-state index in [1.54, 1.807) is 12.1 Å². The predicted octanol–water partition coefficient (Wildman–Crippen LogP) is 4.53. The molecule has 1 aromatic carbocycles. The summed E-state index contributed by atoms with van der Waals surface area (Å²) < 4.78 is 45.7. The summed E-state index contributed by atoms with van der Waals surface area (Å²) in [6, 6.07) is 4.40. The number of nitrogens with zero attached hydrogens (tertiary/aromatic N) is 1. The van der Waals surface area contributed by atoms with Gasteiger partial charge >= 0.3 is 6.18 Å². The first kappa shape index (κ1) is 19.5. The minimum Gasteiger partial charge on any atom is -0.496 e. The fraction of sp³-hybridized carbons (Fsp3) is 0.550. The number of methoxy groups -OCH3 is 1. The van der Waals surface area contributed by atoms with E-state index in [0.29, 0.717) is 16.2 Å². The molecule has 8 heteroatoms. The Bertz CT molecular complexity index is 914. The molecule has 1 atom stereocenters. The summed E-state index contributed by atoms with van der Waals surface area (Å²) in [5.74, 6) is -0.128. The molecule has 152 valence electrons. The van der Waals surface area contributed by atoms with Gasteiger partial charge < -0.3 is 10.1 Å². The standard InChI is InChI=1S/C20H23F3N2O2S/c1-19(2)17(11-6-8-25(19)9-7-11)24-18(26)14-10-12-4-5-13(27-3)15(16(12)28-14)20(21,22)23/h4-5,10-11,17H,6-9H2,1-3H3,(H,24,26). The summed E-state index contributed by atoms with van der Waals surface area (Å²) in [5, 5.41) is 3.52. The fourth-order valence-electron chi connectivity index (χ4n) is 4.72. The molecule has 0 aliphatic carbocycles. The van der Waals surface area contributed by atoms with Crippen molar-refractivity contribution in [2.24, 2.45) is 5.92 Å². The number of carbonyl (C=O) groups is 1. The number of nitrogens with one attached hydrogen (secondary N) is 1. The van der Waals surface area contributed by atoms with Gasteiger partial charge in [0.25, 0.3) is 5.91 Å². The summed E-state index contributed by atoms with van der Waals surface area (Å²) in [5.41, 5.74) is -0.979. The number of fused-ring (bicyclic) bond motifs is 4. The number of ether oxygens (including phenoxy) is 1. The third-order valence-corrected chi connectivity index (χ3v) is 7.42. The number of alkyl halides is 3. The highest BCUT2D eigenvalue weighted by atomic mass is 32.1. The van der Waals surface area contributed by atoms with Crippen molar-refractivity contribution in [2.75, 3.05) is 20.2 Å². The maximum absolute atomic E-state index is 13.6. The second-order valence-corrected chi connectivity index (χ2v) is 9.15. The van der Waals surface area contributed by atoms with Gasteiger partial charge in [-0.3, -0.25) is 9.69 Å². The van der Waals surface area contributed by atoms with Crippen LogP contribution < -0.4 is 10.1 Å². The number of rotatable bonds is 3. The molecule has 3 aliphatic rings. The second kappa shape index (κ2) is 6.62. The van der Waals surface area contributed by atoms with Crippen LogP contribution in [0, 0.1) is 5.92 Å². The molecule has 0 radical (unpaired) electrons. The van der Waals surface area contributed by atoms with Gasteiger partial charge in [-0.15, -0.1) is 11.3 Å². The lowest BCUT2D eigenvalue weighted by molar-refractivity contribution is -0.137. The van der Waals surface area contributed by atoms with Crippen molar-refractivity contribution >= 4 is 27.3 Å². The number of hydrogen-bond donors (Lipinski definition) is 1. The number of thiophene rings is 1. The lowest BCUT2D eigenvalue weighted by Gasteiger charge is -2.56. The van der Waals surface area contributed by atoms with E-state index in [9.17, 15) is 18.0 Å². The molecule has 4 heterocycles. The Kier molecular flexibility index (Phi) is 4.62. The van der Waals surface area contributed by atoms with Crippen molar-refractivity contribution in [3.8, 4) is 5.75 Å². The van der Waals surface area contributed by atoms with E-state index in [2.05, 4.69) is 24.1 Å². The molecule has 1 N–H and O–H groups in total. The molecule has 1 unspecified atom stereocenters. The summed E-state index contributed by atoms with van der Waals surface area (Å²) in [6.45, 7) is 6.31. The Labute approximate surface area is 165 Å². The number of hydrogen-bond acceptors (Lipinski definition) is 4. The van der Waals surface area contributed by atoms with Crippen LogP contribution >= 0.6 is 11.3 Å². The highest BCUT2D eigenvalue weighted by Crippen LogP contribution is 2.44. The van der Waals surface area contributed by atoms with Gasteiger partial charge in [-0.1, -0.05) is 0 Å². The summed E-state index contributed by atoms with van der Waals surface area (Å²) in [6.07, 6.45) is -2.48. The zero-order chi connectivity index (χ0) is 20.3. The highest BCUT2D eigenvalue weighted by molar-refractivity contribution is 7.21. The first-order valence-corrected chi connectivity index (χ1v) is 10.2. The largest absolute Gasteiger partial charge is 0.496 e. The number of benzene rings is 1. The zero-order valence-corrected chi connectivity index (χ0v) is 16.8.